The number of benzene rings is 2. The van der Waals surface area contributed by atoms with Crippen LogP contribution in [0.25, 0.3) is 11.0 Å². The van der Waals surface area contributed by atoms with Gasteiger partial charge >= 0.3 is 5.63 Å². The van der Waals surface area contributed by atoms with Crippen LogP contribution >= 0.6 is 0 Å². The number of nitrogens with one attached hydrogen (secondary N) is 1. The molecule has 0 atom stereocenters. The van der Waals surface area contributed by atoms with Crippen LogP contribution in [0.2, 0.25) is 0 Å². The van der Waals surface area contributed by atoms with Crippen LogP contribution in [0.3, 0.4) is 0 Å². The summed E-state index contributed by atoms with van der Waals surface area (Å²) in [7, 11) is 1.97. The van der Waals surface area contributed by atoms with Crippen molar-refractivity contribution < 1.29 is 13.9 Å². The van der Waals surface area contributed by atoms with Crippen LogP contribution in [0.5, 0.6) is 5.75 Å². The average Bonchev–Trinajstić information content (AvgIpc) is 2.61. The van der Waals surface area contributed by atoms with Crippen molar-refractivity contribution in [2.75, 3.05) is 25.5 Å². The van der Waals surface area contributed by atoms with Crippen LogP contribution in [0, 0.1) is 0 Å². The number of amides is 1. The van der Waals surface area contributed by atoms with Crippen LogP contribution in [0.1, 0.15) is 12.5 Å². The molecule has 0 radical (unpaired) electrons. The summed E-state index contributed by atoms with van der Waals surface area (Å²) < 4.78 is 11.0. The predicted molar refractivity (Wildman–Crippen MR) is 105 cm³/mol. The molecule has 2 aromatic carbocycles. The lowest BCUT2D eigenvalue weighted by Gasteiger charge is -2.18. The van der Waals surface area contributed by atoms with Gasteiger partial charge in [0.15, 0.2) is 0 Å². The van der Waals surface area contributed by atoms with Crippen LogP contribution in [-0.2, 0) is 11.3 Å². The summed E-state index contributed by atoms with van der Waals surface area (Å²) in [5, 5.41) is 3.54. The molecule has 0 saturated carbocycles. The van der Waals surface area contributed by atoms with Gasteiger partial charge in [-0.2, -0.15) is 0 Å². The molecule has 0 aliphatic rings. The lowest BCUT2D eigenvalue weighted by Crippen LogP contribution is -2.24. The Morgan fingerprint density at radius 2 is 1.93 bits per heavy atom. The van der Waals surface area contributed by atoms with E-state index in [9.17, 15) is 9.59 Å². The summed E-state index contributed by atoms with van der Waals surface area (Å²) in [4.78, 5) is 25.2. The minimum Gasteiger partial charge on any atom is -0.492 e. The molecule has 6 nitrogen and oxygen atoms in total. The van der Waals surface area contributed by atoms with Gasteiger partial charge in [0.1, 0.15) is 17.9 Å². The summed E-state index contributed by atoms with van der Waals surface area (Å²) in [6, 6.07) is 16.5. The molecule has 27 heavy (non-hydrogen) atoms. The van der Waals surface area contributed by atoms with Crippen molar-refractivity contribution in [1.29, 1.82) is 0 Å². The molecule has 0 bridgehead atoms. The Morgan fingerprint density at radius 3 is 2.67 bits per heavy atom. The van der Waals surface area contributed by atoms with Crippen LogP contribution in [0.15, 0.2) is 63.8 Å². The maximum atomic E-state index is 11.9. The molecule has 1 aromatic heterocycles. The van der Waals surface area contributed by atoms with Gasteiger partial charge in [-0.15, -0.1) is 0 Å². The van der Waals surface area contributed by atoms with Gasteiger partial charge in [-0.1, -0.05) is 18.2 Å². The zero-order chi connectivity index (χ0) is 19.2. The number of carbonyl (C=O) groups is 1. The highest BCUT2D eigenvalue weighted by Gasteiger charge is 2.10. The van der Waals surface area contributed by atoms with Crippen LogP contribution in [0.4, 0.5) is 5.69 Å². The fourth-order valence-electron chi connectivity index (χ4n) is 2.85. The van der Waals surface area contributed by atoms with Crippen LogP contribution < -0.4 is 15.7 Å². The van der Waals surface area contributed by atoms with E-state index in [-0.39, 0.29) is 5.91 Å². The molecule has 0 unspecified atom stereocenters. The quantitative estimate of drug-likeness (QED) is 0.650. The summed E-state index contributed by atoms with van der Waals surface area (Å²) in [6.07, 6.45) is 0. The van der Waals surface area contributed by atoms with Crippen molar-refractivity contribution in [3.63, 3.8) is 0 Å². The van der Waals surface area contributed by atoms with E-state index in [2.05, 4.69) is 10.2 Å². The lowest BCUT2D eigenvalue weighted by atomic mass is 10.1. The Balaban J connectivity index is 1.69. The highest BCUT2D eigenvalue weighted by molar-refractivity contribution is 5.92. The van der Waals surface area contributed by atoms with Crippen molar-refractivity contribution in [2.45, 2.75) is 13.5 Å². The number of para-hydroxylation sites is 1. The second kappa shape index (κ2) is 8.51. The number of ether oxygens (including phenoxy) is 1. The molecular formula is C21H22N2O4. The third kappa shape index (κ3) is 5.18. The molecule has 140 valence electrons. The first-order valence-corrected chi connectivity index (χ1v) is 8.72. The molecular weight excluding hydrogens is 344 g/mol. The first kappa shape index (κ1) is 18.7. The Bertz CT molecular complexity index is 982. The van der Waals surface area contributed by atoms with Gasteiger partial charge in [-0.3, -0.25) is 9.69 Å². The molecule has 6 heteroatoms. The van der Waals surface area contributed by atoms with Crippen molar-refractivity contribution in [3.8, 4) is 5.75 Å². The fraction of sp³-hybridized carbons (Fsp3) is 0.238. The van der Waals surface area contributed by atoms with E-state index in [1.807, 2.05) is 43.4 Å². The van der Waals surface area contributed by atoms with E-state index < -0.39 is 5.63 Å². The molecule has 1 heterocycles. The number of hydrogen-bond acceptors (Lipinski definition) is 5. The summed E-state index contributed by atoms with van der Waals surface area (Å²) in [6.45, 7) is 3.27. The number of carbonyl (C=O) groups excluding carboxylic acids is 1. The highest BCUT2D eigenvalue weighted by Crippen LogP contribution is 2.22. The van der Waals surface area contributed by atoms with E-state index in [0.29, 0.717) is 31.0 Å². The van der Waals surface area contributed by atoms with Gasteiger partial charge < -0.3 is 14.5 Å². The lowest BCUT2D eigenvalue weighted by molar-refractivity contribution is -0.114. The number of likely N-dealkylation sites (N-methyl/N-ethyl adjacent to an activating group) is 1. The van der Waals surface area contributed by atoms with Crippen LogP contribution in [-0.4, -0.2) is 31.0 Å². The minimum atomic E-state index is -0.411. The van der Waals surface area contributed by atoms with Crippen molar-refractivity contribution >= 4 is 22.6 Å². The normalized spacial score (nSPS) is 10.9. The van der Waals surface area contributed by atoms with Gasteiger partial charge in [-0.05, 0) is 36.9 Å². The second-order valence-corrected chi connectivity index (χ2v) is 6.38. The Morgan fingerprint density at radius 1 is 1.15 bits per heavy atom. The summed E-state index contributed by atoms with van der Waals surface area (Å²) >= 11 is 0. The van der Waals surface area contributed by atoms with E-state index in [1.54, 1.807) is 12.1 Å². The number of rotatable bonds is 7. The Labute approximate surface area is 157 Å². The van der Waals surface area contributed by atoms with Gasteiger partial charge in [0.05, 0.1) is 0 Å². The molecule has 0 fully saturated rings. The smallest absolute Gasteiger partial charge is 0.336 e. The van der Waals surface area contributed by atoms with Gasteiger partial charge in [0.25, 0.3) is 0 Å². The average molecular weight is 366 g/mol. The number of fused-ring (bicyclic) bond motifs is 1. The predicted octanol–water partition coefficient (Wildman–Crippen LogP) is 3.26. The molecule has 3 aromatic rings. The number of anilines is 1. The topological polar surface area (TPSA) is 71.8 Å². The first-order valence-electron chi connectivity index (χ1n) is 8.72. The van der Waals surface area contributed by atoms with E-state index >= 15 is 0 Å². The monoisotopic (exact) mass is 366 g/mol. The maximum absolute atomic E-state index is 11.9. The molecule has 0 saturated heterocycles. The van der Waals surface area contributed by atoms with Gasteiger partial charge in [0.2, 0.25) is 5.91 Å². The molecule has 0 aliphatic heterocycles. The van der Waals surface area contributed by atoms with E-state index in [0.717, 1.165) is 16.7 Å². The van der Waals surface area contributed by atoms with Gasteiger partial charge in [0, 0.05) is 43.2 Å². The summed E-state index contributed by atoms with van der Waals surface area (Å²) in [5.41, 5.74) is 1.52. The maximum Gasteiger partial charge on any atom is 0.336 e. The third-order valence-electron chi connectivity index (χ3n) is 4.08. The summed E-state index contributed by atoms with van der Waals surface area (Å²) in [5.74, 6) is 0.660. The van der Waals surface area contributed by atoms with Gasteiger partial charge in [-0.25, -0.2) is 4.79 Å². The molecule has 0 aliphatic carbocycles. The fourth-order valence-corrected chi connectivity index (χ4v) is 2.85. The zero-order valence-electron chi connectivity index (χ0n) is 15.4. The number of nitrogens with zero attached hydrogens (tertiary/aromatic N) is 1. The highest BCUT2D eigenvalue weighted by atomic mass is 16.5. The first-order chi connectivity index (χ1) is 13.0. The second-order valence-electron chi connectivity index (χ2n) is 6.38. The Hall–Kier alpha value is -3.12. The van der Waals surface area contributed by atoms with E-state index in [4.69, 9.17) is 9.15 Å². The zero-order valence-corrected chi connectivity index (χ0v) is 15.4. The molecule has 1 amide bonds. The molecule has 0 spiro atoms. The molecule has 1 N–H and O–H groups in total. The van der Waals surface area contributed by atoms with E-state index in [1.165, 1.54) is 13.0 Å². The largest absolute Gasteiger partial charge is 0.492 e. The standard InChI is InChI=1S/C21H22N2O4/c1-15(24)22-17-8-9-19-16(12-21(25)27-20(19)13-17)14-23(2)10-11-26-18-6-4-3-5-7-18/h3-9,12-13H,10-11,14H2,1-2H3,(H,22,24). The number of hydrogen-bond donors (Lipinski definition) is 1. The minimum absolute atomic E-state index is 0.175. The van der Waals surface area contributed by atoms with Crippen molar-refractivity contribution in [1.82, 2.24) is 4.90 Å². The van der Waals surface area contributed by atoms with Crippen molar-refractivity contribution in [3.05, 3.63) is 70.6 Å². The Kier molecular flexibility index (Phi) is 5.88. The van der Waals surface area contributed by atoms with Crippen molar-refractivity contribution in [2.24, 2.45) is 0 Å². The third-order valence-corrected chi connectivity index (χ3v) is 4.08. The molecule has 3 rings (SSSR count). The SMILES string of the molecule is CC(=O)Nc1ccc2c(CN(C)CCOc3ccccc3)cc(=O)oc2c1.